The largest absolute Gasteiger partial charge is 0.481 e. The number of aromatic nitrogens is 1. The summed E-state index contributed by atoms with van der Waals surface area (Å²) < 4.78 is 0. The molecule has 154 valence electrons. The van der Waals surface area contributed by atoms with Gasteiger partial charge in [0, 0.05) is 25.3 Å². The van der Waals surface area contributed by atoms with Crippen LogP contribution in [0.4, 0.5) is 11.5 Å². The Morgan fingerprint density at radius 3 is 2.86 bits per heavy atom. The van der Waals surface area contributed by atoms with Crippen molar-refractivity contribution in [2.75, 3.05) is 23.7 Å². The van der Waals surface area contributed by atoms with Gasteiger partial charge in [0.15, 0.2) is 0 Å². The van der Waals surface area contributed by atoms with Crippen molar-refractivity contribution in [2.24, 2.45) is 0 Å². The van der Waals surface area contributed by atoms with Gasteiger partial charge >= 0.3 is 5.97 Å². The molecule has 0 bridgehead atoms. The highest BCUT2D eigenvalue weighted by Crippen LogP contribution is 2.44. The van der Waals surface area contributed by atoms with Gasteiger partial charge in [-0.2, -0.15) is 0 Å². The SMILES string of the molecule is C[C@H](CN[C@H](C)[C@H]1CNc2cccnc2N1)c1cccc(C2(C(=O)O)CCC2)c1. The third-order valence-corrected chi connectivity index (χ3v) is 6.62. The molecule has 6 heteroatoms. The second-order valence-electron chi connectivity index (χ2n) is 8.50. The molecule has 1 saturated carbocycles. The van der Waals surface area contributed by atoms with Crippen molar-refractivity contribution < 1.29 is 9.90 Å². The maximum Gasteiger partial charge on any atom is 0.314 e. The van der Waals surface area contributed by atoms with E-state index in [1.54, 1.807) is 6.20 Å². The van der Waals surface area contributed by atoms with Gasteiger partial charge in [0.1, 0.15) is 5.82 Å². The van der Waals surface area contributed by atoms with Crippen LogP contribution in [0.15, 0.2) is 42.6 Å². The molecule has 1 aromatic carbocycles. The zero-order valence-electron chi connectivity index (χ0n) is 17.1. The summed E-state index contributed by atoms with van der Waals surface area (Å²) in [5, 5.41) is 20.3. The zero-order chi connectivity index (χ0) is 20.4. The monoisotopic (exact) mass is 394 g/mol. The lowest BCUT2D eigenvalue weighted by Gasteiger charge is -2.38. The number of aliphatic carboxylic acids is 1. The Balaban J connectivity index is 1.37. The lowest BCUT2D eigenvalue weighted by atomic mass is 9.64. The molecule has 2 aromatic rings. The number of pyridine rings is 1. The van der Waals surface area contributed by atoms with E-state index in [0.29, 0.717) is 5.92 Å². The van der Waals surface area contributed by atoms with Gasteiger partial charge in [-0.1, -0.05) is 37.6 Å². The van der Waals surface area contributed by atoms with E-state index >= 15 is 0 Å². The van der Waals surface area contributed by atoms with Crippen LogP contribution >= 0.6 is 0 Å². The first kappa shape index (κ1) is 19.7. The first-order chi connectivity index (χ1) is 14.0. The predicted molar refractivity (Wildman–Crippen MR) is 116 cm³/mol. The van der Waals surface area contributed by atoms with E-state index in [2.05, 4.69) is 46.9 Å². The van der Waals surface area contributed by atoms with Crippen molar-refractivity contribution in [3.05, 3.63) is 53.7 Å². The summed E-state index contributed by atoms with van der Waals surface area (Å²) in [7, 11) is 0. The normalized spacial score (nSPS) is 21.7. The zero-order valence-corrected chi connectivity index (χ0v) is 17.1. The summed E-state index contributed by atoms with van der Waals surface area (Å²) >= 11 is 0. The molecule has 2 heterocycles. The maximum absolute atomic E-state index is 11.8. The second-order valence-corrected chi connectivity index (χ2v) is 8.50. The van der Waals surface area contributed by atoms with Crippen molar-refractivity contribution in [3.8, 4) is 0 Å². The number of carboxylic acid groups (broad SMARTS) is 1. The van der Waals surface area contributed by atoms with Crippen molar-refractivity contribution in [1.29, 1.82) is 0 Å². The highest BCUT2D eigenvalue weighted by Gasteiger charge is 2.45. The summed E-state index contributed by atoms with van der Waals surface area (Å²) in [6, 6.07) is 12.7. The molecule has 0 unspecified atom stereocenters. The van der Waals surface area contributed by atoms with Crippen LogP contribution in [0.1, 0.15) is 50.2 Å². The van der Waals surface area contributed by atoms with E-state index in [9.17, 15) is 9.90 Å². The number of carbonyl (C=O) groups is 1. The first-order valence-corrected chi connectivity index (χ1v) is 10.5. The van der Waals surface area contributed by atoms with Crippen molar-refractivity contribution >= 4 is 17.5 Å². The summed E-state index contributed by atoms with van der Waals surface area (Å²) in [5.41, 5.74) is 2.52. The lowest BCUT2D eigenvalue weighted by molar-refractivity contribution is -0.147. The molecule has 6 nitrogen and oxygen atoms in total. The molecule has 3 atom stereocenters. The molecule has 4 rings (SSSR count). The van der Waals surface area contributed by atoms with Crippen molar-refractivity contribution in [2.45, 2.75) is 56.5 Å². The van der Waals surface area contributed by atoms with Gasteiger partial charge in [-0.3, -0.25) is 4.79 Å². The number of benzene rings is 1. The molecular formula is C23H30N4O2. The number of carboxylic acids is 1. The number of nitrogens with one attached hydrogen (secondary N) is 3. The van der Waals surface area contributed by atoms with E-state index in [1.165, 1.54) is 5.56 Å². The smallest absolute Gasteiger partial charge is 0.314 e. The van der Waals surface area contributed by atoms with E-state index in [4.69, 9.17) is 0 Å². The third-order valence-electron chi connectivity index (χ3n) is 6.62. The molecular weight excluding hydrogens is 364 g/mol. The summed E-state index contributed by atoms with van der Waals surface area (Å²) in [6.07, 6.45) is 4.28. The quantitative estimate of drug-likeness (QED) is 0.574. The molecule has 0 saturated heterocycles. The summed E-state index contributed by atoms with van der Waals surface area (Å²) in [6.45, 7) is 6.05. The van der Waals surface area contributed by atoms with Crippen LogP contribution in [-0.4, -0.2) is 41.2 Å². The van der Waals surface area contributed by atoms with E-state index in [-0.39, 0.29) is 12.1 Å². The van der Waals surface area contributed by atoms with Gasteiger partial charge < -0.3 is 21.1 Å². The van der Waals surface area contributed by atoms with Gasteiger partial charge in [-0.15, -0.1) is 0 Å². The van der Waals surface area contributed by atoms with Gasteiger partial charge in [0.2, 0.25) is 0 Å². The Hall–Kier alpha value is -2.60. The third kappa shape index (κ3) is 3.81. The Morgan fingerprint density at radius 1 is 1.31 bits per heavy atom. The van der Waals surface area contributed by atoms with Gasteiger partial charge in [0.25, 0.3) is 0 Å². The van der Waals surface area contributed by atoms with E-state index < -0.39 is 11.4 Å². The van der Waals surface area contributed by atoms with Crippen LogP contribution in [0, 0.1) is 0 Å². The Kier molecular flexibility index (Phi) is 5.46. The van der Waals surface area contributed by atoms with Crippen LogP contribution < -0.4 is 16.0 Å². The minimum absolute atomic E-state index is 0.251. The Labute approximate surface area is 172 Å². The van der Waals surface area contributed by atoms with Crippen LogP contribution in [0.2, 0.25) is 0 Å². The van der Waals surface area contributed by atoms with Crippen molar-refractivity contribution in [3.63, 3.8) is 0 Å². The molecule has 4 N–H and O–H groups in total. The molecule has 1 aromatic heterocycles. The predicted octanol–water partition coefficient (Wildman–Crippen LogP) is 3.58. The summed E-state index contributed by atoms with van der Waals surface area (Å²) in [5.74, 6) is 0.507. The molecule has 0 radical (unpaired) electrons. The summed E-state index contributed by atoms with van der Waals surface area (Å²) in [4.78, 5) is 16.2. The minimum atomic E-state index is -0.690. The number of rotatable bonds is 7. The minimum Gasteiger partial charge on any atom is -0.481 e. The van der Waals surface area contributed by atoms with Gasteiger partial charge in [-0.05, 0) is 48.9 Å². The number of hydrogen-bond donors (Lipinski definition) is 4. The maximum atomic E-state index is 11.8. The Morgan fingerprint density at radius 2 is 2.14 bits per heavy atom. The van der Waals surface area contributed by atoms with E-state index in [0.717, 1.165) is 49.4 Å². The fraction of sp³-hybridized carbons (Fsp3) is 0.478. The van der Waals surface area contributed by atoms with Crippen molar-refractivity contribution in [1.82, 2.24) is 10.3 Å². The average molecular weight is 395 g/mol. The standard InChI is InChI=1S/C23H30N4O2/c1-15(17-6-3-7-18(12-17)23(22(28)29)9-5-10-23)13-25-16(2)20-14-26-19-8-4-11-24-21(19)27-20/h3-4,6-8,11-12,15-16,20,25-26H,5,9-10,13-14H2,1-2H3,(H,24,27)(H,28,29)/t15-,16-,20-/m1/s1. The van der Waals surface area contributed by atoms with Crippen LogP contribution in [0.5, 0.6) is 0 Å². The van der Waals surface area contributed by atoms with Crippen LogP contribution in [0.25, 0.3) is 0 Å². The number of nitrogens with zero attached hydrogens (tertiary/aromatic N) is 1. The van der Waals surface area contributed by atoms with Gasteiger partial charge in [-0.25, -0.2) is 4.98 Å². The number of hydrogen-bond acceptors (Lipinski definition) is 5. The molecule has 0 spiro atoms. The van der Waals surface area contributed by atoms with Crippen LogP contribution in [-0.2, 0) is 10.2 Å². The molecule has 0 amide bonds. The molecule has 1 aliphatic carbocycles. The van der Waals surface area contributed by atoms with E-state index in [1.807, 2.05) is 24.3 Å². The number of anilines is 2. The highest BCUT2D eigenvalue weighted by atomic mass is 16.4. The second kappa shape index (κ2) is 8.03. The van der Waals surface area contributed by atoms with Crippen LogP contribution in [0.3, 0.4) is 0 Å². The molecule has 2 aliphatic rings. The Bertz CT molecular complexity index is 881. The molecule has 1 fully saturated rings. The molecule has 1 aliphatic heterocycles. The fourth-order valence-electron chi connectivity index (χ4n) is 4.33. The fourth-order valence-corrected chi connectivity index (χ4v) is 4.33. The first-order valence-electron chi connectivity index (χ1n) is 10.5. The highest BCUT2D eigenvalue weighted by molar-refractivity contribution is 5.82. The van der Waals surface area contributed by atoms with Gasteiger partial charge in [0.05, 0.1) is 17.1 Å². The topological polar surface area (TPSA) is 86.3 Å². The number of fused-ring (bicyclic) bond motifs is 1. The lowest BCUT2D eigenvalue weighted by Crippen LogP contribution is -2.49. The molecule has 29 heavy (non-hydrogen) atoms. The average Bonchev–Trinajstić information content (AvgIpc) is 2.70.